The van der Waals surface area contributed by atoms with Crippen LogP contribution in [0.2, 0.25) is 0 Å². The Balaban J connectivity index is 1.87. The number of amides is 1. The first-order chi connectivity index (χ1) is 15.4. The summed E-state index contributed by atoms with van der Waals surface area (Å²) < 4.78 is 1.27. The highest BCUT2D eigenvalue weighted by molar-refractivity contribution is 6.07. The fraction of sp³-hybridized carbons (Fsp3) is 0.240. The number of nitrogens with zero attached hydrogens (tertiary/aromatic N) is 3. The third-order valence-corrected chi connectivity index (χ3v) is 5.88. The van der Waals surface area contributed by atoms with Gasteiger partial charge in [0.05, 0.1) is 23.0 Å². The average molecular weight is 431 g/mol. The van der Waals surface area contributed by atoms with Crippen molar-refractivity contribution in [2.45, 2.75) is 18.9 Å². The molecule has 2 heterocycles. The summed E-state index contributed by atoms with van der Waals surface area (Å²) in [7, 11) is 0. The molecule has 0 saturated carbocycles. The molecule has 0 bridgehead atoms. The molecule has 0 unspecified atom stereocenters. The van der Waals surface area contributed by atoms with Gasteiger partial charge in [-0.2, -0.15) is 9.78 Å². The Hall–Kier alpha value is -3.55. The molecule has 7 nitrogen and oxygen atoms in total. The van der Waals surface area contributed by atoms with Crippen LogP contribution in [0, 0.1) is 5.92 Å². The summed E-state index contributed by atoms with van der Waals surface area (Å²) in [5, 5.41) is 26.3. The Bertz CT molecular complexity index is 1280. The van der Waals surface area contributed by atoms with E-state index < -0.39 is 17.4 Å². The largest absolute Gasteiger partial charge is 0.396 e. The number of carbonyl (C=O) groups excluding carboxylic acids is 1. The van der Waals surface area contributed by atoms with Crippen molar-refractivity contribution in [2.75, 3.05) is 18.1 Å². The van der Waals surface area contributed by atoms with E-state index in [9.17, 15) is 14.7 Å². The first kappa shape index (κ1) is 21.7. The zero-order chi connectivity index (χ0) is 22.9. The van der Waals surface area contributed by atoms with Crippen molar-refractivity contribution < 1.29 is 15.0 Å². The van der Waals surface area contributed by atoms with Crippen LogP contribution >= 0.6 is 0 Å². The van der Waals surface area contributed by atoms with Crippen molar-refractivity contribution in [3.05, 3.63) is 89.4 Å². The molecule has 7 heteroatoms. The van der Waals surface area contributed by atoms with Crippen molar-refractivity contribution in [3.8, 4) is 5.69 Å². The molecule has 0 radical (unpaired) electrons. The van der Waals surface area contributed by atoms with Crippen LogP contribution in [-0.4, -0.2) is 39.1 Å². The molecule has 1 aliphatic heterocycles. The van der Waals surface area contributed by atoms with Crippen LogP contribution in [0.3, 0.4) is 0 Å². The molecule has 0 spiro atoms. The summed E-state index contributed by atoms with van der Waals surface area (Å²) in [6.07, 6.45) is 7.11. The van der Waals surface area contributed by atoms with Gasteiger partial charge in [0.1, 0.15) is 0 Å². The van der Waals surface area contributed by atoms with Crippen molar-refractivity contribution in [3.63, 3.8) is 0 Å². The molecule has 4 rings (SSSR count). The lowest BCUT2D eigenvalue weighted by molar-refractivity contribution is -0.139. The molecule has 1 amide bonds. The monoisotopic (exact) mass is 431 g/mol. The number of rotatable bonds is 7. The van der Waals surface area contributed by atoms with Gasteiger partial charge in [-0.15, -0.1) is 6.58 Å². The summed E-state index contributed by atoms with van der Waals surface area (Å²) in [6.45, 7) is 5.69. The molecule has 164 valence electrons. The predicted octanol–water partition coefficient (Wildman–Crippen LogP) is 2.68. The number of hydrogen-bond donors (Lipinski definition) is 2. The topological polar surface area (TPSA) is 95.7 Å². The predicted molar refractivity (Wildman–Crippen MR) is 124 cm³/mol. The van der Waals surface area contributed by atoms with Crippen molar-refractivity contribution in [1.29, 1.82) is 0 Å². The van der Waals surface area contributed by atoms with Gasteiger partial charge in [0, 0.05) is 30.0 Å². The maximum atomic E-state index is 13.3. The molecule has 2 atom stereocenters. The van der Waals surface area contributed by atoms with Crippen molar-refractivity contribution in [2.24, 2.45) is 5.92 Å². The van der Waals surface area contributed by atoms with Gasteiger partial charge in [0.2, 0.25) is 0 Å². The highest BCUT2D eigenvalue weighted by Gasteiger charge is 2.52. The molecule has 32 heavy (non-hydrogen) atoms. The van der Waals surface area contributed by atoms with Gasteiger partial charge < -0.3 is 15.1 Å². The third-order valence-electron chi connectivity index (χ3n) is 5.88. The summed E-state index contributed by atoms with van der Waals surface area (Å²) >= 11 is 0. The second kappa shape index (κ2) is 8.53. The fourth-order valence-electron chi connectivity index (χ4n) is 4.17. The zero-order valence-electron chi connectivity index (χ0n) is 17.8. The Labute approximate surface area is 185 Å². The molecule has 1 aliphatic rings. The molecule has 0 saturated heterocycles. The van der Waals surface area contributed by atoms with E-state index in [1.54, 1.807) is 61.7 Å². The second-order valence-electron chi connectivity index (χ2n) is 7.85. The summed E-state index contributed by atoms with van der Waals surface area (Å²) in [5.41, 5.74) is -0.671. The maximum Gasteiger partial charge on any atom is 0.279 e. The summed E-state index contributed by atoms with van der Waals surface area (Å²) in [4.78, 5) is 27.8. The van der Waals surface area contributed by atoms with Crippen molar-refractivity contribution in [1.82, 2.24) is 9.78 Å². The normalized spacial score (nSPS) is 19.0. The quantitative estimate of drug-likeness (QED) is 0.561. The van der Waals surface area contributed by atoms with E-state index in [0.29, 0.717) is 28.7 Å². The molecule has 1 aromatic heterocycles. The minimum Gasteiger partial charge on any atom is -0.396 e. The smallest absolute Gasteiger partial charge is 0.279 e. The molecular weight excluding hydrogens is 406 g/mol. The SMILES string of the molecule is C=CCN1C(=O)[C@](O)([C@H](C)/C=C/CCO)c2cc(-n3ncc4ccccc4c3=O)ccc21. The van der Waals surface area contributed by atoms with Crippen LogP contribution in [-0.2, 0) is 10.4 Å². The lowest BCUT2D eigenvalue weighted by Crippen LogP contribution is -2.44. The first-order valence-electron chi connectivity index (χ1n) is 10.5. The van der Waals surface area contributed by atoms with Gasteiger partial charge in [0.25, 0.3) is 11.5 Å². The van der Waals surface area contributed by atoms with Gasteiger partial charge in [-0.05, 0) is 30.7 Å². The number of aliphatic hydroxyl groups is 2. The van der Waals surface area contributed by atoms with E-state index in [2.05, 4.69) is 11.7 Å². The molecule has 0 fully saturated rings. The molecular formula is C25H25N3O4. The number of aromatic nitrogens is 2. The first-order valence-corrected chi connectivity index (χ1v) is 10.5. The van der Waals surface area contributed by atoms with E-state index >= 15 is 0 Å². The number of benzene rings is 2. The maximum absolute atomic E-state index is 13.3. The van der Waals surface area contributed by atoms with E-state index in [1.807, 2.05) is 12.1 Å². The van der Waals surface area contributed by atoms with Gasteiger partial charge >= 0.3 is 0 Å². The second-order valence-corrected chi connectivity index (χ2v) is 7.85. The average Bonchev–Trinajstić information content (AvgIpc) is 3.02. The fourth-order valence-corrected chi connectivity index (χ4v) is 4.17. The van der Waals surface area contributed by atoms with Gasteiger partial charge in [-0.1, -0.05) is 43.4 Å². The highest BCUT2D eigenvalue weighted by atomic mass is 16.3. The Morgan fingerprint density at radius 2 is 2.00 bits per heavy atom. The lowest BCUT2D eigenvalue weighted by Gasteiger charge is -2.27. The molecule has 2 N–H and O–H groups in total. The number of aliphatic hydroxyl groups excluding tert-OH is 1. The third kappa shape index (κ3) is 3.36. The summed E-state index contributed by atoms with van der Waals surface area (Å²) in [5.74, 6) is -1.02. The van der Waals surface area contributed by atoms with Gasteiger partial charge in [0.15, 0.2) is 5.60 Å². The van der Waals surface area contributed by atoms with Crippen molar-refractivity contribution >= 4 is 22.4 Å². The lowest BCUT2D eigenvalue weighted by atomic mass is 9.82. The standard InChI is InChI=1S/C25H25N3O4/c1-3-13-27-22-12-11-19(28-23(30)20-10-5-4-9-18(20)16-26-28)15-21(22)25(32,24(27)31)17(2)8-6-7-14-29/h3-6,8-12,15-17,29,32H,1,7,13-14H2,2H3/b8-6+/t17-,25+/m1/s1. The Kier molecular flexibility index (Phi) is 5.78. The number of carbonyl (C=O) groups is 1. The molecule has 3 aromatic rings. The Morgan fingerprint density at radius 1 is 1.22 bits per heavy atom. The number of hydrogen-bond acceptors (Lipinski definition) is 5. The minimum atomic E-state index is -1.82. The van der Waals surface area contributed by atoms with E-state index in [4.69, 9.17) is 5.11 Å². The van der Waals surface area contributed by atoms with Crippen LogP contribution in [0.5, 0.6) is 0 Å². The summed E-state index contributed by atoms with van der Waals surface area (Å²) in [6, 6.07) is 12.3. The molecule has 2 aromatic carbocycles. The minimum absolute atomic E-state index is 0.0184. The van der Waals surface area contributed by atoms with Gasteiger partial charge in [-0.3, -0.25) is 9.59 Å². The van der Waals surface area contributed by atoms with Crippen LogP contribution < -0.4 is 10.5 Å². The van der Waals surface area contributed by atoms with E-state index in [-0.39, 0.29) is 18.7 Å². The molecule has 0 aliphatic carbocycles. The Morgan fingerprint density at radius 3 is 2.75 bits per heavy atom. The van der Waals surface area contributed by atoms with Crippen LogP contribution in [0.4, 0.5) is 5.69 Å². The zero-order valence-corrected chi connectivity index (χ0v) is 17.8. The highest BCUT2D eigenvalue weighted by Crippen LogP contribution is 2.45. The number of anilines is 1. The van der Waals surface area contributed by atoms with E-state index in [0.717, 1.165) is 5.39 Å². The van der Waals surface area contributed by atoms with Crippen LogP contribution in [0.1, 0.15) is 18.9 Å². The van der Waals surface area contributed by atoms with Crippen LogP contribution in [0.15, 0.2) is 78.3 Å². The van der Waals surface area contributed by atoms with Crippen LogP contribution in [0.25, 0.3) is 16.5 Å². The van der Waals surface area contributed by atoms with Gasteiger partial charge in [-0.25, -0.2) is 0 Å². The number of fused-ring (bicyclic) bond motifs is 2. The van der Waals surface area contributed by atoms with E-state index in [1.165, 1.54) is 9.58 Å².